The lowest BCUT2D eigenvalue weighted by molar-refractivity contribution is 0.0163. The summed E-state index contributed by atoms with van der Waals surface area (Å²) in [5.41, 5.74) is 5.20. The van der Waals surface area contributed by atoms with E-state index in [1.165, 1.54) is 0 Å². The minimum Gasteiger partial charge on any atom is -0.385 e. The molecule has 0 fully saturated rings. The average Bonchev–Trinajstić information content (AvgIpc) is 2.10. The van der Waals surface area contributed by atoms with Gasteiger partial charge in [-0.2, -0.15) is 0 Å². The van der Waals surface area contributed by atoms with Crippen LogP contribution in [0.15, 0.2) is 0 Å². The summed E-state index contributed by atoms with van der Waals surface area (Å²) in [6.45, 7) is 3.83. The molecule has 0 rings (SSSR count). The highest BCUT2D eigenvalue weighted by Crippen LogP contribution is 1.89. The number of nitrogens with one attached hydrogen (secondary N) is 1. The largest absolute Gasteiger partial charge is 0.385 e. The Hall–Kier alpha value is -0.650. The summed E-state index contributed by atoms with van der Waals surface area (Å²) in [6, 6.07) is 0. The second-order valence-electron chi connectivity index (χ2n) is 2.57. The number of ether oxygens (including phenoxy) is 3. The van der Waals surface area contributed by atoms with Gasteiger partial charge in [-0.15, -0.1) is 0 Å². The zero-order valence-corrected chi connectivity index (χ0v) is 8.21. The van der Waals surface area contributed by atoms with Crippen LogP contribution in [-0.4, -0.2) is 45.5 Å². The fourth-order valence-corrected chi connectivity index (χ4v) is 0.618. The van der Waals surface area contributed by atoms with Crippen LogP contribution in [0.2, 0.25) is 0 Å². The average molecular weight is 190 g/mol. The maximum absolute atomic E-state index is 7.04. The molecule has 0 aliphatic carbocycles. The van der Waals surface area contributed by atoms with Crippen LogP contribution < -0.4 is 5.73 Å². The third-order valence-corrected chi connectivity index (χ3v) is 1.47. The van der Waals surface area contributed by atoms with E-state index in [0.717, 1.165) is 0 Å². The molecule has 3 N–H and O–H groups in total. The highest BCUT2D eigenvalue weighted by Gasteiger charge is 2.03. The van der Waals surface area contributed by atoms with E-state index in [1.807, 2.05) is 0 Å². The number of amidine groups is 1. The fourth-order valence-electron chi connectivity index (χ4n) is 0.618. The molecule has 5 heteroatoms. The molecule has 0 spiro atoms. The molecule has 0 aromatic carbocycles. The van der Waals surface area contributed by atoms with E-state index in [9.17, 15) is 0 Å². The van der Waals surface area contributed by atoms with Gasteiger partial charge in [-0.05, 0) is 6.92 Å². The van der Waals surface area contributed by atoms with Gasteiger partial charge in [-0.1, -0.05) is 0 Å². The Balaban J connectivity index is 3.11. The minimum atomic E-state index is -0.328. The molecule has 5 nitrogen and oxygen atoms in total. The van der Waals surface area contributed by atoms with E-state index >= 15 is 0 Å². The number of methoxy groups -OCH3 is 1. The fraction of sp³-hybridized carbons (Fsp3) is 0.875. The maximum atomic E-state index is 7.04. The molecule has 0 saturated carbocycles. The first-order valence-corrected chi connectivity index (χ1v) is 4.20. The molecule has 0 radical (unpaired) electrons. The van der Waals surface area contributed by atoms with Crippen molar-refractivity contribution in [2.24, 2.45) is 5.73 Å². The van der Waals surface area contributed by atoms with Crippen molar-refractivity contribution in [3.63, 3.8) is 0 Å². The van der Waals surface area contributed by atoms with Crippen LogP contribution >= 0.6 is 0 Å². The Labute approximate surface area is 78.7 Å². The van der Waals surface area contributed by atoms with Crippen molar-refractivity contribution in [3.8, 4) is 0 Å². The number of rotatable bonds is 8. The Morgan fingerprint density at radius 3 is 2.46 bits per heavy atom. The second-order valence-corrected chi connectivity index (χ2v) is 2.57. The second kappa shape index (κ2) is 7.97. The first-order chi connectivity index (χ1) is 6.18. The summed E-state index contributed by atoms with van der Waals surface area (Å²) < 4.78 is 15.1. The van der Waals surface area contributed by atoms with Crippen molar-refractivity contribution in [2.75, 3.05) is 33.5 Å². The van der Waals surface area contributed by atoms with E-state index < -0.39 is 0 Å². The quantitative estimate of drug-likeness (QED) is 0.320. The summed E-state index contributed by atoms with van der Waals surface area (Å²) in [5, 5.41) is 7.04. The Bertz CT molecular complexity index is 141. The summed E-state index contributed by atoms with van der Waals surface area (Å²) >= 11 is 0. The van der Waals surface area contributed by atoms with Gasteiger partial charge in [0.25, 0.3) is 0 Å². The summed E-state index contributed by atoms with van der Waals surface area (Å²) in [4.78, 5) is 0. The highest BCUT2D eigenvalue weighted by molar-refractivity contribution is 5.81. The third-order valence-electron chi connectivity index (χ3n) is 1.47. The normalized spacial score (nSPS) is 12.8. The SMILES string of the molecule is COCCOCCOC(C)C(=N)N. The Morgan fingerprint density at radius 2 is 1.92 bits per heavy atom. The van der Waals surface area contributed by atoms with Crippen LogP contribution in [0.3, 0.4) is 0 Å². The van der Waals surface area contributed by atoms with Gasteiger partial charge in [0.1, 0.15) is 11.9 Å². The Kier molecular flexibility index (Phi) is 7.57. The number of nitrogens with two attached hydrogens (primary N) is 1. The molecular weight excluding hydrogens is 172 g/mol. The molecule has 0 bridgehead atoms. The smallest absolute Gasteiger partial charge is 0.120 e. The van der Waals surface area contributed by atoms with Crippen molar-refractivity contribution < 1.29 is 14.2 Å². The van der Waals surface area contributed by atoms with Crippen molar-refractivity contribution in [2.45, 2.75) is 13.0 Å². The van der Waals surface area contributed by atoms with Gasteiger partial charge in [-0.25, -0.2) is 0 Å². The van der Waals surface area contributed by atoms with Crippen molar-refractivity contribution >= 4 is 5.84 Å². The van der Waals surface area contributed by atoms with E-state index in [2.05, 4.69) is 0 Å². The molecule has 0 amide bonds. The molecule has 13 heavy (non-hydrogen) atoms. The minimum absolute atomic E-state index is 0.0388. The van der Waals surface area contributed by atoms with Crippen LogP contribution in [0.25, 0.3) is 0 Å². The molecular formula is C8H18N2O3. The zero-order valence-electron chi connectivity index (χ0n) is 8.21. The van der Waals surface area contributed by atoms with Gasteiger partial charge in [-0.3, -0.25) is 5.41 Å². The van der Waals surface area contributed by atoms with Gasteiger partial charge in [0.15, 0.2) is 0 Å². The standard InChI is InChI=1S/C8H18N2O3/c1-7(8(9)10)13-6-5-12-4-3-11-2/h7H,3-6H2,1-2H3,(H3,9,10). The van der Waals surface area contributed by atoms with Crippen LogP contribution in [0.4, 0.5) is 0 Å². The molecule has 0 aromatic heterocycles. The van der Waals surface area contributed by atoms with E-state index in [0.29, 0.717) is 26.4 Å². The van der Waals surface area contributed by atoms with Crippen LogP contribution in [0.5, 0.6) is 0 Å². The monoisotopic (exact) mass is 190 g/mol. The van der Waals surface area contributed by atoms with Gasteiger partial charge < -0.3 is 19.9 Å². The molecule has 0 saturated heterocycles. The van der Waals surface area contributed by atoms with E-state index in [4.69, 9.17) is 25.4 Å². The molecule has 0 aliphatic heterocycles. The lowest BCUT2D eigenvalue weighted by atomic mass is 10.4. The zero-order chi connectivity index (χ0) is 10.1. The van der Waals surface area contributed by atoms with Crippen molar-refractivity contribution in [1.82, 2.24) is 0 Å². The number of hydrogen-bond donors (Lipinski definition) is 2. The topological polar surface area (TPSA) is 77.6 Å². The van der Waals surface area contributed by atoms with Gasteiger partial charge in [0.2, 0.25) is 0 Å². The summed E-state index contributed by atoms with van der Waals surface area (Å²) in [6.07, 6.45) is -0.328. The molecule has 0 aliphatic rings. The molecule has 0 heterocycles. The molecule has 0 aromatic rings. The van der Waals surface area contributed by atoms with E-state index in [1.54, 1.807) is 14.0 Å². The predicted molar refractivity (Wildman–Crippen MR) is 50.0 cm³/mol. The summed E-state index contributed by atoms with van der Waals surface area (Å²) in [5.74, 6) is 0.0388. The molecule has 1 atom stereocenters. The number of hydrogen-bond acceptors (Lipinski definition) is 4. The van der Waals surface area contributed by atoms with Crippen LogP contribution in [-0.2, 0) is 14.2 Å². The van der Waals surface area contributed by atoms with Crippen LogP contribution in [0, 0.1) is 5.41 Å². The third kappa shape index (κ3) is 7.70. The lowest BCUT2D eigenvalue weighted by Gasteiger charge is -2.10. The van der Waals surface area contributed by atoms with Crippen LogP contribution in [0.1, 0.15) is 6.92 Å². The lowest BCUT2D eigenvalue weighted by Crippen LogP contribution is -2.28. The van der Waals surface area contributed by atoms with Gasteiger partial charge in [0.05, 0.1) is 26.4 Å². The maximum Gasteiger partial charge on any atom is 0.120 e. The van der Waals surface area contributed by atoms with Gasteiger partial charge in [0, 0.05) is 7.11 Å². The highest BCUT2D eigenvalue weighted by atomic mass is 16.5. The Morgan fingerprint density at radius 1 is 1.31 bits per heavy atom. The van der Waals surface area contributed by atoms with E-state index in [-0.39, 0.29) is 11.9 Å². The predicted octanol–water partition coefficient (Wildman–Crippen LogP) is -0.00953. The molecule has 1 unspecified atom stereocenters. The van der Waals surface area contributed by atoms with Crippen molar-refractivity contribution in [3.05, 3.63) is 0 Å². The van der Waals surface area contributed by atoms with Gasteiger partial charge >= 0.3 is 0 Å². The van der Waals surface area contributed by atoms with Crippen molar-refractivity contribution in [1.29, 1.82) is 5.41 Å². The first-order valence-electron chi connectivity index (χ1n) is 4.20. The summed E-state index contributed by atoms with van der Waals surface area (Å²) in [7, 11) is 1.62. The molecule has 78 valence electrons. The first kappa shape index (κ1) is 12.3.